The van der Waals surface area contributed by atoms with Gasteiger partial charge in [-0.25, -0.2) is 4.99 Å². The van der Waals surface area contributed by atoms with E-state index < -0.39 is 11.2 Å². The third-order valence-electron chi connectivity index (χ3n) is 4.07. The van der Waals surface area contributed by atoms with E-state index in [1.165, 1.54) is 0 Å². The molecule has 2 aromatic rings. The van der Waals surface area contributed by atoms with Gasteiger partial charge in [0.15, 0.2) is 10.8 Å². The Morgan fingerprint density at radius 2 is 1.92 bits per heavy atom. The van der Waals surface area contributed by atoms with Crippen LogP contribution in [0.3, 0.4) is 0 Å². The molecule has 0 aromatic heterocycles. The van der Waals surface area contributed by atoms with Gasteiger partial charge in [-0.2, -0.15) is 0 Å². The minimum Gasteiger partial charge on any atom is -0.611 e. The van der Waals surface area contributed by atoms with Gasteiger partial charge in [-0.1, -0.05) is 23.2 Å². The quantitative estimate of drug-likeness (QED) is 0.483. The van der Waals surface area contributed by atoms with Gasteiger partial charge in [-0.3, -0.25) is 0 Å². The van der Waals surface area contributed by atoms with Gasteiger partial charge >= 0.3 is 0 Å². The molecule has 7 heteroatoms. The summed E-state index contributed by atoms with van der Waals surface area (Å²) in [5, 5.41) is 10.3. The molecule has 0 aliphatic carbocycles. The predicted octanol–water partition coefficient (Wildman–Crippen LogP) is 5.49. The first-order valence-corrected chi connectivity index (χ1v) is 10.5. The second-order valence-corrected chi connectivity index (χ2v) is 8.38. The Morgan fingerprint density at radius 1 is 1.08 bits per heavy atom. The van der Waals surface area contributed by atoms with Crippen molar-refractivity contribution in [2.75, 3.05) is 12.4 Å². The molecule has 0 spiro atoms. The zero-order valence-corrected chi connectivity index (χ0v) is 16.4. The second-order valence-electron chi connectivity index (χ2n) is 6.00. The number of rotatable bonds is 7. The van der Waals surface area contributed by atoms with Crippen molar-refractivity contribution < 1.29 is 14.4 Å². The highest BCUT2D eigenvalue weighted by atomic mass is 35.5. The van der Waals surface area contributed by atoms with Crippen molar-refractivity contribution in [1.82, 2.24) is 0 Å². The summed E-state index contributed by atoms with van der Waals surface area (Å²) >= 11 is 10.7. The maximum Gasteiger partial charge on any atom is 0.186 e. The number of hydrogen-bond donors (Lipinski definition) is 1. The minimum absolute atomic E-state index is 0.182. The fourth-order valence-electron chi connectivity index (χ4n) is 2.66. The fraction of sp³-hybridized carbons (Fsp3) is 0.316. The molecular weight excluding hydrogens is 393 g/mol. The Hall–Kier alpha value is -1.40. The highest BCUT2D eigenvalue weighted by molar-refractivity contribution is 7.91. The van der Waals surface area contributed by atoms with Crippen LogP contribution < -0.4 is 4.74 Å². The lowest BCUT2D eigenvalue weighted by molar-refractivity contribution is 0.309. The van der Waals surface area contributed by atoms with Crippen LogP contribution in [0.25, 0.3) is 0 Å². The van der Waals surface area contributed by atoms with Gasteiger partial charge in [0.05, 0.1) is 22.3 Å². The van der Waals surface area contributed by atoms with E-state index in [0.717, 1.165) is 36.3 Å². The number of aliphatic imine (C=N–C) groups is 1. The Bertz CT molecular complexity index is 813. The third kappa shape index (κ3) is 5.07. The largest absolute Gasteiger partial charge is 0.611 e. The average Bonchev–Trinajstić information content (AvgIpc) is 2.63. The molecule has 0 saturated heterocycles. The van der Waals surface area contributed by atoms with Crippen LogP contribution in [-0.4, -0.2) is 27.9 Å². The summed E-state index contributed by atoms with van der Waals surface area (Å²) in [6, 6.07) is 10.8. The number of halogens is 2. The van der Waals surface area contributed by atoms with Crippen LogP contribution in [0.5, 0.6) is 5.75 Å². The topological polar surface area (TPSA) is 64.9 Å². The zero-order valence-electron chi connectivity index (χ0n) is 14.1. The highest BCUT2D eigenvalue weighted by Crippen LogP contribution is 2.29. The lowest BCUT2D eigenvalue weighted by Gasteiger charge is -2.14. The summed E-state index contributed by atoms with van der Waals surface area (Å²) < 4.78 is 18.0. The molecular formula is C19H19Cl2NO3S. The van der Waals surface area contributed by atoms with Gasteiger partial charge in [-0.05, 0) is 66.3 Å². The number of hydrogen-bond acceptors (Lipinski definition) is 3. The van der Waals surface area contributed by atoms with Crippen molar-refractivity contribution in [3.63, 3.8) is 0 Å². The Kier molecular flexibility index (Phi) is 6.70. The lowest BCUT2D eigenvalue weighted by atomic mass is 10.0. The molecule has 0 bridgehead atoms. The van der Waals surface area contributed by atoms with Crippen molar-refractivity contribution in [2.24, 2.45) is 4.99 Å². The number of aliphatic hydroxyl groups is 1. The first-order chi connectivity index (χ1) is 12.5. The Morgan fingerprint density at radius 3 is 2.73 bits per heavy atom. The van der Waals surface area contributed by atoms with Gasteiger partial charge in [0.1, 0.15) is 11.5 Å². The maximum absolute atomic E-state index is 12.3. The molecule has 1 unspecified atom stereocenters. The van der Waals surface area contributed by atoms with E-state index in [0.29, 0.717) is 33.7 Å². The lowest BCUT2D eigenvalue weighted by Crippen LogP contribution is -2.09. The summed E-state index contributed by atoms with van der Waals surface area (Å²) in [6.07, 6.45) is 2.93. The monoisotopic (exact) mass is 411 g/mol. The molecule has 3 rings (SSSR count). The Labute approximate surface area is 166 Å². The number of benzene rings is 2. The van der Waals surface area contributed by atoms with Gasteiger partial charge in [0.2, 0.25) is 0 Å². The summed E-state index contributed by atoms with van der Waals surface area (Å²) in [7, 11) is 0. The molecule has 0 fully saturated rings. The summed E-state index contributed by atoms with van der Waals surface area (Å²) in [4.78, 5) is 4.81. The number of fused-ring (bicyclic) bond motifs is 1. The molecule has 2 aromatic carbocycles. The SMILES string of the molecule is [O-][S+](CCCCOc1ccc2c(c1)CCC(O)=N2)c1ccc(Cl)c(Cl)c1. The second kappa shape index (κ2) is 9.00. The third-order valence-corrected chi connectivity index (χ3v) is 6.24. The number of aliphatic hydroxyl groups excluding tert-OH is 1. The molecule has 1 N–H and O–H groups in total. The van der Waals surface area contributed by atoms with E-state index in [1.807, 2.05) is 18.2 Å². The van der Waals surface area contributed by atoms with Gasteiger partial charge in [0.25, 0.3) is 0 Å². The number of aryl methyl sites for hydroxylation is 1. The molecule has 1 aliphatic rings. The molecule has 1 atom stereocenters. The Balaban J connectivity index is 1.42. The van der Waals surface area contributed by atoms with Gasteiger partial charge < -0.3 is 14.4 Å². The van der Waals surface area contributed by atoms with Crippen LogP contribution in [0, 0.1) is 0 Å². The number of unbranched alkanes of at least 4 members (excludes halogenated alkanes) is 1. The maximum atomic E-state index is 12.3. The normalized spacial score (nSPS) is 14.5. The van der Waals surface area contributed by atoms with Crippen LogP contribution >= 0.6 is 23.2 Å². The predicted molar refractivity (Wildman–Crippen MR) is 107 cm³/mol. The summed E-state index contributed by atoms with van der Waals surface area (Å²) in [6.45, 7) is 0.561. The molecule has 4 nitrogen and oxygen atoms in total. The molecule has 26 heavy (non-hydrogen) atoms. The van der Waals surface area contributed by atoms with E-state index in [4.69, 9.17) is 27.9 Å². The average molecular weight is 412 g/mol. The molecule has 1 aliphatic heterocycles. The zero-order chi connectivity index (χ0) is 18.5. The van der Waals surface area contributed by atoms with E-state index in [1.54, 1.807) is 18.2 Å². The molecule has 0 amide bonds. The van der Waals surface area contributed by atoms with E-state index in [2.05, 4.69) is 4.99 Å². The van der Waals surface area contributed by atoms with E-state index >= 15 is 0 Å². The van der Waals surface area contributed by atoms with Crippen molar-refractivity contribution in [3.05, 3.63) is 52.0 Å². The van der Waals surface area contributed by atoms with Crippen LogP contribution in [0.15, 0.2) is 46.3 Å². The molecule has 1 heterocycles. The van der Waals surface area contributed by atoms with E-state index in [9.17, 15) is 9.66 Å². The summed E-state index contributed by atoms with van der Waals surface area (Å²) in [5.41, 5.74) is 1.89. The fourth-order valence-corrected chi connectivity index (χ4v) is 4.20. The van der Waals surface area contributed by atoms with Crippen molar-refractivity contribution >= 4 is 46.0 Å². The van der Waals surface area contributed by atoms with Crippen LogP contribution in [0.2, 0.25) is 10.0 Å². The molecule has 0 saturated carbocycles. The molecule has 0 radical (unpaired) electrons. The number of nitrogens with zero attached hydrogens (tertiary/aromatic N) is 1. The first-order valence-electron chi connectivity index (χ1n) is 8.38. The highest BCUT2D eigenvalue weighted by Gasteiger charge is 2.13. The number of ether oxygens (including phenoxy) is 1. The minimum atomic E-state index is -1.09. The van der Waals surface area contributed by atoms with Crippen LogP contribution in [0.4, 0.5) is 5.69 Å². The standard InChI is InChI=1S/C19H19Cl2NO3S/c20-16-6-5-15(12-17(16)21)26(24)10-2-1-9-25-14-4-7-18-13(11-14)3-8-19(23)22-18/h4-7,11-12H,1-3,8-10H2,(H,22,23). The smallest absolute Gasteiger partial charge is 0.186 e. The molecule has 138 valence electrons. The van der Waals surface area contributed by atoms with Gasteiger partial charge in [0, 0.05) is 12.5 Å². The van der Waals surface area contributed by atoms with Gasteiger partial charge in [-0.15, -0.1) is 0 Å². The van der Waals surface area contributed by atoms with Crippen LogP contribution in [0.1, 0.15) is 24.8 Å². The van der Waals surface area contributed by atoms with Crippen LogP contribution in [-0.2, 0) is 17.6 Å². The van der Waals surface area contributed by atoms with Crippen molar-refractivity contribution in [1.29, 1.82) is 0 Å². The van der Waals surface area contributed by atoms with Crippen molar-refractivity contribution in [3.8, 4) is 5.75 Å². The van der Waals surface area contributed by atoms with E-state index in [-0.39, 0.29) is 5.90 Å². The first kappa shape index (κ1) is 19.4. The van der Waals surface area contributed by atoms with Crippen molar-refractivity contribution in [2.45, 2.75) is 30.6 Å². The summed E-state index contributed by atoms with van der Waals surface area (Å²) in [5.74, 6) is 1.53.